The van der Waals surface area contributed by atoms with E-state index in [0.717, 1.165) is 12.8 Å². The zero-order valence-corrected chi connectivity index (χ0v) is 11.5. The Morgan fingerprint density at radius 2 is 1.71 bits per heavy atom. The molecule has 1 saturated carbocycles. The summed E-state index contributed by atoms with van der Waals surface area (Å²) in [5.41, 5.74) is 5.91. The molecule has 2 unspecified atom stereocenters. The Labute approximate surface area is 122 Å². The number of nitrogens with one attached hydrogen (secondary N) is 1. The zero-order valence-electron chi connectivity index (χ0n) is 11.5. The molecule has 6 nitrogen and oxygen atoms in total. The molecule has 4 N–H and O–H groups in total. The molecule has 112 valence electrons. The van der Waals surface area contributed by atoms with Gasteiger partial charge in [-0.2, -0.15) is 0 Å². The SMILES string of the molecule is NC(=O)c1ccc(C(=O)NC2CCCC(C(=O)O)C2)cc1. The zero-order chi connectivity index (χ0) is 15.4. The third-order valence-electron chi connectivity index (χ3n) is 3.79. The Kier molecular flexibility index (Phi) is 4.57. The molecule has 1 aromatic carbocycles. The summed E-state index contributed by atoms with van der Waals surface area (Å²) < 4.78 is 0. The van der Waals surface area contributed by atoms with Gasteiger partial charge in [0.15, 0.2) is 0 Å². The second-order valence-corrected chi connectivity index (χ2v) is 5.31. The number of benzene rings is 1. The van der Waals surface area contributed by atoms with E-state index in [9.17, 15) is 14.4 Å². The lowest BCUT2D eigenvalue weighted by Gasteiger charge is -2.27. The summed E-state index contributed by atoms with van der Waals surface area (Å²) in [4.78, 5) is 34.1. The highest BCUT2D eigenvalue weighted by Crippen LogP contribution is 2.24. The van der Waals surface area contributed by atoms with Crippen LogP contribution in [0.1, 0.15) is 46.4 Å². The second kappa shape index (κ2) is 6.39. The summed E-state index contributed by atoms with van der Waals surface area (Å²) >= 11 is 0. The standard InChI is InChI=1S/C15H18N2O4/c16-13(18)9-4-6-10(7-5-9)14(19)17-12-3-1-2-11(8-12)15(20)21/h4-7,11-12H,1-3,8H2,(H2,16,18)(H,17,19)(H,20,21). The van der Waals surface area contributed by atoms with Gasteiger partial charge in [0.05, 0.1) is 5.92 Å². The molecule has 0 saturated heterocycles. The average molecular weight is 290 g/mol. The molecule has 21 heavy (non-hydrogen) atoms. The number of carbonyl (C=O) groups excluding carboxylic acids is 2. The number of carboxylic acids is 1. The van der Waals surface area contributed by atoms with Gasteiger partial charge in [0.2, 0.25) is 5.91 Å². The normalized spacial score (nSPS) is 21.5. The molecular weight excluding hydrogens is 272 g/mol. The van der Waals surface area contributed by atoms with Crippen molar-refractivity contribution in [3.8, 4) is 0 Å². The Balaban J connectivity index is 1.97. The fraction of sp³-hybridized carbons (Fsp3) is 0.400. The highest BCUT2D eigenvalue weighted by Gasteiger charge is 2.27. The van der Waals surface area contributed by atoms with Crippen molar-refractivity contribution in [2.75, 3.05) is 0 Å². The van der Waals surface area contributed by atoms with Crippen molar-refractivity contribution in [1.82, 2.24) is 5.32 Å². The Morgan fingerprint density at radius 3 is 2.29 bits per heavy atom. The molecule has 0 radical (unpaired) electrons. The van der Waals surface area contributed by atoms with E-state index in [-0.39, 0.29) is 17.9 Å². The minimum absolute atomic E-state index is 0.122. The minimum Gasteiger partial charge on any atom is -0.481 e. The largest absolute Gasteiger partial charge is 0.481 e. The maximum atomic E-state index is 12.1. The summed E-state index contributed by atoms with van der Waals surface area (Å²) in [6, 6.07) is 5.94. The lowest BCUT2D eigenvalue weighted by atomic mass is 9.85. The number of carbonyl (C=O) groups is 3. The van der Waals surface area contributed by atoms with Gasteiger partial charge in [-0.3, -0.25) is 14.4 Å². The molecule has 0 aromatic heterocycles. The van der Waals surface area contributed by atoms with E-state index >= 15 is 0 Å². The fourth-order valence-corrected chi connectivity index (χ4v) is 2.60. The monoisotopic (exact) mass is 290 g/mol. The van der Waals surface area contributed by atoms with Crippen LogP contribution in [0, 0.1) is 5.92 Å². The summed E-state index contributed by atoms with van der Waals surface area (Å²) in [6.45, 7) is 0. The lowest BCUT2D eigenvalue weighted by Crippen LogP contribution is -2.39. The third-order valence-corrected chi connectivity index (χ3v) is 3.79. The first-order valence-electron chi connectivity index (χ1n) is 6.91. The smallest absolute Gasteiger partial charge is 0.306 e. The fourth-order valence-electron chi connectivity index (χ4n) is 2.60. The van der Waals surface area contributed by atoms with Crippen LogP contribution in [-0.4, -0.2) is 28.9 Å². The van der Waals surface area contributed by atoms with Gasteiger partial charge in [0, 0.05) is 17.2 Å². The number of carboxylic acid groups (broad SMARTS) is 1. The second-order valence-electron chi connectivity index (χ2n) is 5.31. The molecule has 0 aliphatic heterocycles. The van der Waals surface area contributed by atoms with Gasteiger partial charge in [-0.05, 0) is 43.5 Å². The van der Waals surface area contributed by atoms with Gasteiger partial charge in [-0.15, -0.1) is 0 Å². The van der Waals surface area contributed by atoms with E-state index in [1.165, 1.54) is 24.3 Å². The van der Waals surface area contributed by atoms with E-state index in [0.29, 0.717) is 24.0 Å². The molecule has 1 aliphatic carbocycles. The van der Waals surface area contributed by atoms with E-state index in [2.05, 4.69) is 5.32 Å². The van der Waals surface area contributed by atoms with E-state index < -0.39 is 11.9 Å². The van der Waals surface area contributed by atoms with Crippen molar-refractivity contribution in [3.05, 3.63) is 35.4 Å². The maximum Gasteiger partial charge on any atom is 0.306 e. The number of nitrogens with two attached hydrogens (primary N) is 1. The molecule has 0 bridgehead atoms. The molecule has 0 spiro atoms. The van der Waals surface area contributed by atoms with Crippen molar-refractivity contribution in [1.29, 1.82) is 0 Å². The highest BCUT2D eigenvalue weighted by molar-refractivity contribution is 5.97. The highest BCUT2D eigenvalue weighted by atomic mass is 16.4. The Morgan fingerprint density at radius 1 is 1.10 bits per heavy atom. The first kappa shape index (κ1) is 15.0. The van der Waals surface area contributed by atoms with Crippen LogP contribution in [0.25, 0.3) is 0 Å². The number of hydrogen-bond acceptors (Lipinski definition) is 3. The Hall–Kier alpha value is -2.37. The molecule has 2 atom stereocenters. The summed E-state index contributed by atoms with van der Waals surface area (Å²) in [5.74, 6) is -2.00. The lowest BCUT2D eigenvalue weighted by molar-refractivity contribution is -0.143. The minimum atomic E-state index is -0.806. The predicted octanol–water partition coefficient (Wildman–Crippen LogP) is 1.16. The van der Waals surface area contributed by atoms with Crippen molar-refractivity contribution in [2.45, 2.75) is 31.7 Å². The first-order valence-corrected chi connectivity index (χ1v) is 6.91. The van der Waals surface area contributed by atoms with Gasteiger partial charge in [0.1, 0.15) is 0 Å². The number of rotatable bonds is 4. The summed E-state index contributed by atoms with van der Waals surface area (Å²) in [6.07, 6.45) is 2.70. The van der Waals surface area contributed by atoms with Crippen LogP contribution in [-0.2, 0) is 4.79 Å². The van der Waals surface area contributed by atoms with Gasteiger partial charge < -0.3 is 16.2 Å². The van der Waals surface area contributed by atoms with Crippen LogP contribution in [0.4, 0.5) is 0 Å². The summed E-state index contributed by atoms with van der Waals surface area (Å²) in [7, 11) is 0. The molecule has 2 amide bonds. The van der Waals surface area contributed by atoms with Crippen LogP contribution >= 0.6 is 0 Å². The van der Waals surface area contributed by atoms with Gasteiger partial charge in [0.25, 0.3) is 5.91 Å². The van der Waals surface area contributed by atoms with E-state index in [4.69, 9.17) is 10.8 Å². The van der Waals surface area contributed by atoms with E-state index in [1.54, 1.807) is 0 Å². The van der Waals surface area contributed by atoms with Crippen LogP contribution in [0.3, 0.4) is 0 Å². The van der Waals surface area contributed by atoms with Crippen molar-refractivity contribution < 1.29 is 19.5 Å². The van der Waals surface area contributed by atoms with Crippen molar-refractivity contribution in [3.63, 3.8) is 0 Å². The summed E-state index contributed by atoms with van der Waals surface area (Å²) in [5, 5.41) is 11.9. The first-order chi connectivity index (χ1) is 9.97. The van der Waals surface area contributed by atoms with Crippen LogP contribution in [0.15, 0.2) is 24.3 Å². The molecule has 0 heterocycles. The topological polar surface area (TPSA) is 109 Å². The maximum absolute atomic E-state index is 12.1. The molecule has 1 fully saturated rings. The van der Waals surface area contributed by atoms with Gasteiger partial charge >= 0.3 is 5.97 Å². The molecule has 1 aromatic rings. The van der Waals surface area contributed by atoms with Gasteiger partial charge in [-0.25, -0.2) is 0 Å². The Bertz CT molecular complexity index is 553. The molecular formula is C15H18N2O4. The average Bonchev–Trinajstić information content (AvgIpc) is 2.47. The van der Waals surface area contributed by atoms with E-state index in [1.807, 2.05) is 0 Å². The number of primary amides is 1. The van der Waals surface area contributed by atoms with Crippen LogP contribution < -0.4 is 11.1 Å². The number of hydrogen-bond donors (Lipinski definition) is 3. The number of amides is 2. The predicted molar refractivity (Wildman–Crippen MR) is 75.8 cm³/mol. The molecule has 6 heteroatoms. The molecule has 2 rings (SSSR count). The number of aliphatic carboxylic acids is 1. The van der Waals surface area contributed by atoms with Gasteiger partial charge in [-0.1, -0.05) is 6.42 Å². The van der Waals surface area contributed by atoms with Crippen LogP contribution in [0.2, 0.25) is 0 Å². The van der Waals surface area contributed by atoms with Crippen molar-refractivity contribution >= 4 is 17.8 Å². The molecule has 1 aliphatic rings. The quantitative estimate of drug-likeness (QED) is 0.772. The van der Waals surface area contributed by atoms with Crippen LogP contribution in [0.5, 0.6) is 0 Å². The van der Waals surface area contributed by atoms with Crippen molar-refractivity contribution in [2.24, 2.45) is 11.7 Å². The third kappa shape index (κ3) is 3.81.